The summed E-state index contributed by atoms with van der Waals surface area (Å²) >= 11 is 3.25. The quantitative estimate of drug-likeness (QED) is 0.830. The fourth-order valence-electron chi connectivity index (χ4n) is 2.00. The monoisotopic (exact) mass is 313 g/mol. The van der Waals surface area contributed by atoms with Crippen molar-refractivity contribution in [3.63, 3.8) is 0 Å². The molecule has 1 amide bonds. The summed E-state index contributed by atoms with van der Waals surface area (Å²) in [5.41, 5.74) is 5.95. The van der Waals surface area contributed by atoms with Crippen LogP contribution in [0.15, 0.2) is 22.9 Å². The number of ether oxygens (including phenoxy) is 1. The van der Waals surface area contributed by atoms with Crippen LogP contribution in [0.4, 0.5) is 5.69 Å². The summed E-state index contributed by atoms with van der Waals surface area (Å²) in [6.45, 7) is 1.51. The van der Waals surface area contributed by atoms with E-state index in [1.807, 2.05) is 0 Å². The van der Waals surface area contributed by atoms with Crippen LogP contribution >= 0.6 is 15.9 Å². The second-order valence-corrected chi connectivity index (χ2v) is 5.23. The maximum atomic E-state index is 12.3. The van der Waals surface area contributed by atoms with E-state index in [0.717, 1.165) is 4.60 Å². The van der Waals surface area contributed by atoms with Crippen molar-refractivity contribution in [2.75, 3.05) is 25.1 Å². The highest BCUT2D eigenvalue weighted by atomic mass is 79.9. The number of nitrogens with one attached hydrogen (secondary N) is 1. The summed E-state index contributed by atoms with van der Waals surface area (Å²) < 4.78 is 6.02. The summed E-state index contributed by atoms with van der Waals surface area (Å²) in [6, 6.07) is 3.59. The molecular weight excluding hydrogens is 298 g/mol. The molecule has 6 heteroatoms. The first-order valence-electron chi connectivity index (χ1n) is 5.87. The van der Waals surface area contributed by atoms with E-state index in [1.165, 1.54) is 0 Å². The molecule has 0 unspecified atom stereocenters. The van der Waals surface area contributed by atoms with Crippen LogP contribution in [0.1, 0.15) is 12.8 Å². The number of hydrogen-bond acceptors (Lipinski definition) is 4. The first-order valence-corrected chi connectivity index (χ1v) is 6.66. The Morgan fingerprint density at radius 1 is 1.50 bits per heavy atom. The lowest BCUT2D eigenvalue weighted by molar-refractivity contribution is -0.130. The molecule has 1 fully saturated rings. The van der Waals surface area contributed by atoms with Crippen LogP contribution in [-0.4, -0.2) is 30.6 Å². The number of rotatable bonds is 3. The number of carbonyl (C=O) groups is 1. The predicted octanol–water partition coefficient (Wildman–Crippen LogP) is 1.54. The summed E-state index contributed by atoms with van der Waals surface area (Å²) in [6.07, 6.45) is 2.95. The molecular formula is C12H16BrN3O2. The van der Waals surface area contributed by atoms with Gasteiger partial charge in [-0.1, -0.05) is 0 Å². The largest absolute Gasteiger partial charge is 0.381 e. The minimum absolute atomic E-state index is 0.0441. The van der Waals surface area contributed by atoms with Crippen molar-refractivity contribution in [2.24, 2.45) is 11.1 Å². The molecule has 18 heavy (non-hydrogen) atoms. The third kappa shape index (κ3) is 2.88. The van der Waals surface area contributed by atoms with Gasteiger partial charge in [-0.25, -0.2) is 4.98 Å². The van der Waals surface area contributed by atoms with E-state index in [4.69, 9.17) is 10.5 Å². The van der Waals surface area contributed by atoms with E-state index in [0.29, 0.717) is 38.3 Å². The van der Waals surface area contributed by atoms with Crippen molar-refractivity contribution in [1.82, 2.24) is 4.98 Å². The number of halogens is 1. The smallest absolute Gasteiger partial charge is 0.232 e. The number of nitrogens with two attached hydrogens (primary N) is 1. The lowest BCUT2D eigenvalue weighted by atomic mass is 9.79. The molecule has 0 spiro atoms. The maximum absolute atomic E-state index is 12.3. The van der Waals surface area contributed by atoms with Crippen LogP contribution < -0.4 is 11.1 Å². The summed E-state index contributed by atoms with van der Waals surface area (Å²) in [7, 11) is 0. The number of nitrogens with zero attached hydrogens (tertiary/aromatic N) is 1. The molecule has 0 atom stereocenters. The molecule has 0 saturated carbocycles. The predicted molar refractivity (Wildman–Crippen MR) is 72.1 cm³/mol. The molecule has 1 aliphatic rings. The van der Waals surface area contributed by atoms with Crippen molar-refractivity contribution in [2.45, 2.75) is 12.8 Å². The van der Waals surface area contributed by atoms with E-state index in [1.54, 1.807) is 18.3 Å². The Bertz CT molecular complexity index is 416. The number of amides is 1. The molecule has 1 aliphatic heterocycles. The Morgan fingerprint density at radius 2 is 2.22 bits per heavy atom. The molecule has 5 nitrogen and oxygen atoms in total. The average Bonchev–Trinajstić information content (AvgIpc) is 2.42. The molecule has 1 saturated heterocycles. The Hall–Kier alpha value is -0.980. The first-order chi connectivity index (χ1) is 8.66. The van der Waals surface area contributed by atoms with Gasteiger partial charge >= 0.3 is 0 Å². The van der Waals surface area contributed by atoms with Gasteiger partial charge in [-0.15, -0.1) is 0 Å². The highest BCUT2D eigenvalue weighted by Gasteiger charge is 2.38. The van der Waals surface area contributed by atoms with Crippen molar-refractivity contribution in [3.05, 3.63) is 22.9 Å². The molecule has 98 valence electrons. The summed E-state index contributed by atoms with van der Waals surface area (Å²) in [5, 5.41) is 2.87. The van der Waals surface area contributed by atoms with Crippen LogP contribution in [0, 0.1) is 5.41 Å². The number of aromatic nitrogens is 1. The number of carbonyl (C=O) groups excluding carboxylic acids is 1. The average molecular weight is 314 g/mol. The topological polar surface area (TPSA) is 77.2 Å². The van der Waals surface area contributed by atoms with E-state index >= 15 is 0 Å². The van der Waals surface area contributed by atoms with Crippen LogP contribution in [0.5, 0.6) is 0 Å². The van der Waals surface area contributed by atoms with Gasteiger partial charge in [0.2, 0.25) is 5.91 Å². The van der Waals surface area contributed by atoms with E-state index < -0.39 is 5.41 Å². The van der Waals surface area contributed by atoms with Crippen molar-refractivity contribution < 1.29 is 9.53 Å². The summed E-state index contributed by atoms with van der Waals surface area (Å²) in [5.74, 6) is -0.0441. The highest BCUT2D eigenvalue weighted by molar-refractivity contribution is 9.10. The number of hydrogen-bond donors (Lipinski definition) is 2. The Kier molecular flexibility index (Phi) is 4.31. The van der Waals surface area contributed by atoms with Crippen molar-refractivity contribution in [1.29, 1.82) is 0 Å². The van der Waals surface area contributed by atoms with Gasteiger partial charge in [-0.2, -0.15) is 0 Å². The van der Waals surface area contributed by atoms with Gasteiger partial charge in [0.25, 0.3) is 0 Å². The van der Waals surface area contributed by atoms with Crippen LogP contribution in [0.25, 0.3) is 0 Å². The van der Waals surface area contributed by atoms with Gasteiger partial charge in [-0.3, -0.25) is 4.79 Å². The van der Waals surface area contributed by atoms with Gasteiger partial charge in [0.1, 0.15) is 4.60 Å². The fourth-order valence-corrected chi connectivity index (χ4v) is 2.23. The van der Waals surface area contributed by atoms with Gasteiger partial charge in [0, 0.05) is 19.8 Å². The van der Waals surface area contributed by atoms with E-state index in [2.05, 4.69) is 26.2 Å². The molecule has 2 heterocycles. The molecule has 3 N–H and O–H groups in total. The lowest BCUT2D eigenvalue weighted by Gasteiger charge is -2.34. The number of anilines is 1. The van der Waals surface area contributed by atoms with Gasteiger partial charge in [-0.05, 0) is 40.9 Å². The highest BCUT2D eigenvalue weighted by Crippen LogP contribution is 2.30. The second kappa shape index (κ2) is 5.77. The third-order valence-corrected chi connectivity index (χ3v) is 3.78. The molecule has 1 aromatic heterocycles. The standard InChI is InChI=1S/C12H16BrN3O2/c13-10-2-1-9(7-15-10)16-11(17)12(8-14)3-5-18-6-4-12/h1-2,7H,3-6,8,14H2,(H,16,17). The van der Waals surface area contributed by atoms with Crippen molar-refractivity contribution >= 4 is 27.5 Å². The lowest BCUT2D eigenvalue weighted by Crippen LogP contribution is -2.46. The van der Waals surface area contributed by atoms with Crippen LogP contribution in [0.2, 0.25) is 0 Å². The van der Waals surface area contributed by atoms with E-state index in [9.17, 15) is 4.79 Å². The Labute approximate surface area is 114 Å². The zero-order chi connectivity index (χ0) is 13.0. The molecule has 1 aromatic rings. The minimum atomic E-state index is -0.509. The molecule has 0 bridgehead atoms. The molecule has 0 aliphatic carbocycles. The zero-order valence-corrected chi connectivity index (χ0v) is 11.6. The first kappa shape index (κ1) is 13.5. The fraction of sp³-hybridized carbons (Fsp3) is 0.500. The van der Waals surface area contributed by atoms with Crippen LogP contribution in [0.3, 0.4) is 0 Å². The zero-order valence-electron chi connectivity index (χ0n) is 9.99. The van der Waals surface area contributed by atoms with Crippen LogP contribution in [-0.2, 0) is 9.53 Å². The summed E-state index contributed by atoms with van der Waals surface area (Å²) in [4.78, 5) is 16.4. The molecule has 0 aromatic carbocycles. The Morgan fingerprint density at radius 3 is 2.78 bits per heavy atom. The van der Waals surface area contributed by atoms with Crippen molar-refractivity contribution in [3.8, 4) is 0 Å². The van der Waals surface area contributed by atoms with E-state index in [-0.39, 0.29) is 5.91 Å². The van der Waals surface area contributed by atoms with Gasteiger partial charge < -0.3 is 15.8 Å². The second-order valence-electron chi connectivity index (χ2n) is 4.42. The maximum Gasteiger partial charge on any atom is 0.232 e. The molecule has 0 radical (unpaired) electrons. The van der Waals surface area contributed by atoms with Gasteiger partial charge in [0.05, 0.1) is 17.3 Å². The number of pyridine rings is 1. The SMILES string of the molecule is NCC1(C(=O)Nc2ccc(Br)nc2)CCOCC1. The molecule has 2 rings (SSSR count). The third-order valence-electron chi connectivity index (χ3n) is 3.31. The normalized spacial score (nSPS) is 18.3. The Balaban J connectivity index is 2.07. The minimum Gasteiger partial charge on any atom is -0.381 e. The van der Waals surface area contributed by atoms with Gasteiger partial charge in [0.15, 0.2) is 0 Å².